The lowest BCUT2D eigenvalue weighted by Gasteiger charge is -2.10. The Kier molecular flexibility index (Phi) is 5.21. The Morgan fingerprint density at radius 1 is 0.968 bits per heavy atom. The molecule has 5 rings (SSSR count). The zero-order chi connectivity index (χ0) is 21.2. The quantitative estimate of drug-likeness (QED) is 0.476. The van der Waals surface area contributed by atoms with Gasteiger partial charge in [-0.1, -0.05) is 0 Å². The molecule has 0 aliphatic carbocycles. The van der Waals surface area contributed by atoms with Gasteiger partial charge in [0.2, 0.25) is 0 Å². The molecule has 156 valence electrons. The third-order valence-electron chi connectivity index (χ3n) is 4.86. The lowest BCUT2D eigenvalue weighted by molar-refractivity contribution is 0.297. The molecule has 0 saturated heterocycles. The number of thiazole rings is 1. The molecule has 3 heterocycles. The van der Waals surface area contributed by atoms with Crippen LogP contribution in [0.15, 0.2) is 64.8 Å². The maximum absolute atomic E-state index is 13.2. The van der Waals surface area contributed by atoms with Crippen LogP contribution in [0.4, 0.5) is 4.39 Å². The maximum atomic E-state index is 13.2. The van der Waals surface area contributed by atoms with Crippen LogP contribution in [0.1, 0.15) is 12.1 Å². The third-order valence-corrected chi connectivity index (χ3v) is 5.80. The molecule has 0 bridgehead atoms. The number of aromatic nitrogens is 3. The van der Waals surface area contributed by atoms with E-state index in [9.17, 15) is 9.18 Å². The zero-order valence-corrected chi connectivity index (χ0v) is 17.3. The lowest BCUT2D eigenvalue weighted by atomic mass is 10.1. The van der Waals surface area contributed by atoms with Gasteiger partial charge < -0.3 is 9.47 Å². The van der Waals surface area contributed by atoms with Crippen molar-refractivity contribution in [3.8, 4) is 33.3 Å². The molecule has 0 spiro atoms. The van der Waals surface area contributed by atoms with Crippen LogP contribution in [0.5, 0.6) is 11.5 Å². The van der Waals surface area contributed by atoms with Crippen molar-refractivity contribution in [2.75, 3.05) is 13.2 Å². The van der Waals surface area contributed by atoms with E-state index in [2.05, 4.69) is 10.1 Å². The van der Waals surface area contributed by atoms with Crippen molar-refractivity contribution in [1.29, 1.82) is 0 Å². The van der Waals surface area contributed by atoms with Crippen LogP contribution in [0.3, 0.4) is 0 Å². The SMILES string of the molecule is O=c1ccc(-c2ccc3c(c2)OCCCO3)nn1Cc1csc(-c2ccc(F)cc2)n1. The number of rotatable bonds is 4. The predicted molar refractivity (Wildman–Crippen MR) is 116 cm³/mol. The van der Waals surface area contributed by atoms with E-state index >= 15 is 0 Å². The van der Waals surface area contributed by atoms with Crippen LogP contribution >= 0.6 is 11.3 Å². The van der Waals surface area contributed by atoms with Gasteiger partial charge in [0.05, 0.1) is 31.1 Å². The van der Waals surface area contributed by atoms with E-state index in [1.807, 2.05) is 23.6 Å². The molecule has 6 nitrogen and oxygen atoms in total. The molecule has 4 aromatic rings. The van der Waals surface area contributed by atoms with E-state index in [0.29, 0.717) is 30.4 Å². The summed E-state index contributed by atoms with van der Waals surface area (Å²) in [5.74, 6) is 1.10. The van der Waals surface area contributed by atoms with Gasteiger partial charge in [-0.25, -0.2) is 14.1 Å². The van der Waals surface area contributed by atoms with Gasteiger partial charge in [0.15, 0.2) is 11.5 Å². The molecule has 0 N–H and O–H groups in total. The monoisotopic (exact) mass is 435 g/mol. The van der Waals surface area contributed by atoms with Gasteiger partial charge in [0, 0.05) is 29.0 Å². The Labute approximate surface area is 181 Å². The molecule has 31 heavy (non-hydrogen) atoms. The van der Waals surface area contributed by atoms with E-state index in [1.165, 1.54) is 34.2 Å². The van der Waals surface area contributed by atoms with Gasteiger partial charge >= 0.3 is 0 Å². The van der Waals surface area contributed by atoms with Crippen LogP contribution in [-0.4, -0.2) is 28.0 Å². The van der Waals surface area contributed by atoms with Gasteiger partial charge in [-0.2, -0.15) is 5.10 Å². The van der Waals surface area contributed by atoms with Crippen molar-refractivity contribution >= 4 is 11.3 Å². The largest absolute Gasteiger partial charge is 0.490 e. The molecule has 0 fully saturated rings. The summed E-state index contributed by atoms with van der Waals surface area (Å²) >= 11 is 1.44. The summed E-state index contributed by atoms with van der Waals surface area (Å²) in [5, 5.41) is 7.17. The zero-order valence-electron chi connectivity index (χ0n) is 16.5. The van der Waals surface area contributed by atoms with Crippen molar-refractivity contribution in [2.45, 2.75) is 13.0 Å². The molecular formula is C23H18FN3O3S. The Morgan fingerprint density at radius 3 is 2.58 bits per heavy atom. The molecule has 2 aromatic carbocycles. The highest BCUT2D eigenvalue weighted by Gasteiger charge is 2.13. The predicted octanol–water partition coefficient (Wildman–Crippen LogP) is 4.38. The average Bonchev–Trinajstić information content (AvgIpc) is 3.11. The highest BCUT2D eigenvalue weighted by molar-refractivity contribution is 7.13. The molecular weight excluding hydrogens is 417 g/mol. The van der Waals surface area contributed by atoms with E-state index in [4.69, 9.17) is 9.47 Å². The summed E-state index contributed by atoms with van der Waals surface area (Å²) in [4.78, 5) is 17.0. The van der Waals surface area contributed by atoms with Crippen LogP contribution in [-0.2, 0) is 6.54 Å². The first-order valence-corrected chi connectivity index (χ1v) is 10.7. The standard InChI is InChI=1S/C23H18FN3O3S/c24-17-5-2-15(3-6-17)23-25-18(14-31-23)13-27-22(28)9-7-19(26-27)16-4-8-20-21(12-16)30-11-1-10-29-20/h2-9,12,14H,1,10-11,13H2. The van der Waals surface area contributed by atoms with E-state index < -0.39 is 0 Å². The second-order valence-electron chi connectivity index (χ2n) is 7.08. The fourth-order valence-corrected chi connectivity index (χ4v) is 4.11. The topological polar surface area (TPSA) is 66.2 Å². The number of ether oxygens (including phenoxy) is 2. The van der Waals surface area contributed by atoms with Crippen LogP contribution in [0, 0.1) is 5.82 Å². The van der Waals surface area contributed by atoms with Crippen molar-refractivity contribution in [1.82, 2.24) is 14.8 Å². The van der Waals surface area contributed by atoms with Crippen LogP contribution in [0.2, 0.25) is 0 Å². The smallest absolute Gasteiger partial charge is 0.267 e. The lowest BCUT2D eigenvalue weighted by Crippen LogP contribution is -2.23. The van der Waals surface area contributed by atoms with E-state index in [1.54, 1.807) is 18.2 Å². The Hall–Kier alpha value is -3.52. The minimum absolute atomic E-state index is 0.213. The highest BCUT2D eigenvalue weighted by atomic mass is 32.1. The van der Waals surface area contributed by atoms with Gasteiger partial charge in [-0.05, 0) is 48.5 Å². The number of nitrogens with zero attached hydrogens (tertiary/aromatic N) is 3. The Bertz CT molecular complexity index is 1280. The fraction of sp³-hybridized carbons (Fsp3) is 0.174. The number of halogens is 1. The first-order valence-electron chi connectivity index (χ1n) is 9.84. The number of benzene rings is 2. The first kappa shape index (κ1) is 19.4. The molecule has 0 amide bonds. The number of fused-ring (bicyclic) bond motifs is 1. The molecule has 0 saturated carbocycles. The summed E-state index contributed by atoms with van der Waals surface area (Å²) in [6.45, 7) is 1.47. The molecule has 1 aliphatic heterocycles. The fourth-order valence-electron chi connectivity index (χ4n) is 3.30. The van der Waals surface area contributed by atoms with Gasteiger partial charge in [-0.15, -0.1) is 11.3 Å². The number of hydrogen-bond donors (Lipinski definition) is 0. The molecule has 0 atom stereocenters. The minimum atomic E-state index is -0.289. The van der Waals surface area contributed by atoms with Gasteiger partial charge in [0.25, 0.3) is 5.56 Å². The normalized spacial score (nSPS) is 13.1. The second-order valence-corrected chi connectivity index (χ2v) is 7.94. The summed E-state index contributed by atoms with van der Waals surface area (Å²) in [6, 6.07) is 15.0. The van der Waals surface area contributed by atoms with Gasteiger partial charge in [0.1, 0.15) is 10.8 Å². The second kappa shape index (κ2) is 8.31. The summed E-state index contributed by atoms with van der Waals surface area (Å²) < 4.78 is 26.0. The summed E-state index contributed by atoms with van der Waals surface area (Å²) in [5.41, 5.74) is 2.83. The number of hydrogen-bond acceptors (Lipinski definition) is 6. The van der Waals surface area contributed by atoms with Crippen molar-refractivity contribution in [3.05, 3.63) is 81.8 Å². The van der Waals surface area contributed by atoms with Gasteiger partial charge in [-0.3, -0.25) is 4.79 Å². The van der Waals surface area contributed by atoms with Crippen molar-refractivity contribution in [2.24, 2.45) is 0 Å². The van der Waals surface area contributed by atoms with E-state index in [-0.39, 0.29) is 17.9 Å². The molecule has 2 aromatic heterocycles. The highest BCUT2D eigenvalue weighted by Crippen LogP contribution is 2.33. The van der Waals surface area contributed by atoms with Crippen LogP contribution < -0.4 is 15.0 Å². The van der Waals surface area contributed by atoms with Crippen LogP contribution in [0.25, 0.3) is 21.8 Å². The van der Waals surface area contributed by atoms with E-state index in [0.717, 1.165) is 28.2 Å². The molecule has 1 aliphatic rings. The third kappa shape index (κ3) is 4.20. The molecule has 0 unspecified atom stereocenters. The first-order chi connectivity index (χ1) is 15.2. The Balaban J connectivity index is 1.41. The maximum Gasteiger partial charge on any atom is 0.267 e. The molecule has 8 heteroatoms. The minimum Gasteiger partial charge on any atom is -0.490 e. The summed E-state index contributed by atoms with van der Waals surface area (Å²) in [6.07, 6.45) is 0.834. The molecule has 0 radical (unpaired) electrons. The summed E-state index contributed by atoms with van der Waals surface area (Å²) in [7, 11) is 0. The van der Waals surface area contributed by atoms with Crippen molar-refractivity contribution in [3.63, 3.8) is 0 Å². The average molecular weight is 435 g/mol. The van der Waals surface area contributed by atoms with Crippen molar-refractivity contribution < 1.29 is 13.9 Å². The Morgan fingerprint density at radius 2 is 1.74 bits per heavy atom.